The van der Waals surface area contributed by atoms with E-state index in [4.69, 9.17) is 0 Å². The lowest BCUT2D eigenvalue weighted by molar-refractivity contribution is 0.453. The minimum Gasteiger partial charge on any atom is -0.508 e. The predicted octanol–water partition coefficient (Wildman–Crippen LogP) is 4.35. The highest BCUT2D eigenvalue weighted by atomic mass is 16.3. The zero-order valence-corrected chi connectivity index (χ0v) is 10.6. The smallest absolute Gasteiger partial charge is 0.119 e. The quantitative estimate of drug-likeness (QED) is 0.743. The summed E-state index contributed by atoms with van der Waals surface area (Å²) in [7, 11) is 0. The average molecular weight is 218 g/mol. The fourth-order valence-electron chi connectivity index (χ4n) is 2.85. The largest absolute Gasteiger partial charge is 0.508 e. The maximum absolute atomic E-state index is 10.1. The van der Waals surface area contributed by atoms with E-state index in [-0.39, 0.29) is 5.41 Å². The Morgan fingerprint density at radius 1 is 1.12 bits per heavy atom. The van der Waals surface area contributed by atoms with Crippen molar-refractivity contribution < 1.29 is 5.11 Å². The predicted molar refractivity (Wildman–Crippen MR) is 68.0 cm³/mol. The molecule has 1 nitrogen and oxygen atoms in total. The molecule has 0 saturated heterocycles. The molecular formula is C15H22O. The standard InChI is InChI=1S/C15H22O/c1-15(2,3)12-9-6-10-13(16)14(12)11-7-4-5-8-11/h6,9-11,16H,4-5,7-8H2,1-3H3. The Labute approximate surface area is 98.5 Å². The van der Waals surface area contributed by atoms with Gasteiger partial charge in [-0.05, 0) is 35.8 Å². The van der Waals surface area contributed by atoms with Gasteiger partial charge in [0.05, 0.1) is 0 Å². The van der Waals surface area contributed by atoms with Crippen molar-refractivity contribution in [3.63, 3.8) is 0 Å². The van der Waals surface area contributed by atoms with Crippen LogP contribution in [-0.2, 0) is 5.41 Å². The molecule has 0 unspecified atom stereocenters. The fraction of sp³-hybridized carbons (Fsp3) is 0.600. The molecule has 1 aliphatic carbocycles. The first-order chi connectivity index (χ1) is 7.50. The highest BCUT2D eigenvalue weighted by molar-refractivity contribution is 5.45. The first kappa shape index (κ1) is 11.5. The molecule has 88 valence electrons. The first-order valence-electron chi connectivity index (χ1n) is 6.32. The zero-order valence-electron chi connectivity index (χ0n) is 10.6. The van der Waals surface area contributed by atoms with Gasteiger partial charge in [-0.25, -0.2) is 0 Å². The van der Waals surface area contributed by atoms with Crippen molar-refractivity contribution in [3.8, 4) is 5.75 Å². The summed E-state index contributed by atoms with van der Waals surface area (Å²) in [4.78, 5) is 0. The maximum atomic E-state index is 10.1. The summed E-state index contributed by atoms with van der Waals surface area (Å²) in [5.74, 6) is 1.08. The summed E-state index contributed by atoms with van der Waals surface area (Å²) in [6.07, 6.45) is 5.09. The van der Waals surface area contributed by atoms with Gasteiger partial charge in [-0.1, -0.05) is 45.7 Å². The lowest BCUT2D eigenvalue weighted by Crippen LogP contribution is -2.15. The van der Waals surface area contributed by atoms with Crippen molar-refractivity contribution in [1.82, 2.24) is 0 Å². The molecule has 0 atom stereocenters. The normalized spacial score (nSPS) is 17.9. The van der Waals surface area contributed by atoms with Gasteiger partial charge < -0.3 is 5.11 Å². The number of hydrogen-bond donors (Lipinski definition) is 1. The molecule has 0 aromatic heterocycles. The number of phenolic OH excluding ortho intramolecular Hbond substituents is 1. The second-order valence-corrected chi connectivity index (χ2v) is 5.97. The Morgan fingerprint density at radius 2 is 1.75 bits per heavy atom. The molecule has 0 spiro atoms. The van der Waals surface area contributed by atoms with Gasteiger partial charge in [-0.3, -0.25) is 0 Å². The number of aromatic hydroxyl groups is 1. The Bertz CT molecular complexity index is 368. The summed E-state index contributed by atoms with van der Waals surface area (Å²) in [5.41, 5.74) is 2.66. The highest BCUT2D eigenvalue weighted by Crippen LogP contribution is 2.43. The van der Waals surface area contributed by atoms with Gasteiger partial charge in [0, 0.05) is 5.56 Å². The summed E-state index contributed by atoms with van der Waals surface area (Å²) in [6.45, 7) is 6.67. The minimum atomic E-state index is 0.122. The van der Waals surface area contributed by atoms with E-state index in [1.165, 1.54) is 36.8 Å². The van der Waals surface area contributed by atoms with E-state index in [0.29, 0.717) is 11.7 Å². The van der Waals surface area contributed by atoms with Crippen molar-refractivity contribution in [2.75, 3.05) is 0 Å². The summed E-state index contributed by atoms with van der Waals surface area (Å²) < 4.78 is 0. The molecule has 1 N–H and O–H groups in total. The highest BCUT2D eigenvalue weighted by Gasteiger charge is 2.27. The maximum Gasteiger partial charge on any atom is 0.119 e. The second-order valence-electron chi connectivity index (χ2n) is 5.97. The SMILES string of the molecule is CC(C)(C)c1cccc(O)c1C1CCCC1. The zero-order chi connectivity index (χ0) is 11.8. The van der Waals surface area contributed by atoms with Gasteiger partial charge in [-0.2, -0.15) is 0 Å². The van der Waals surface area contributed by atoms with Crippen molar-refractivity contribution >= 4 is 0 Å². The van der Waals surface area contributed by atoms with Crippen LogP contribution in [0.4, 0.5) is 0 Å². The van der Waals surface area contributed by atoms with E-state index in [9.17, 15) is 5.11 Å². The monoisotopic (exact) mass is 218 g/mol. The Hall–Kier alpha value is -0.980. The molecule has 0 bridgehead atoms. The number of benzene rings is 1. The molecule has 2 rings (SSSR count). The van der Waals surface area contributed by atoms with E-state index in [1.54, 1.807) is 0 Å². The topological polar surface area (TPSA) is 20.2 Å². The molecule has 1 heteroatoms. The van der Waals surface area contributed by atoms with E-state index in [1.807, 2.05) is 12.1 Å². The molecule has 0 heterocycles. The van der Waals surface area contributed by atoms with E-state index in [0.717, 1.165) is 0 Å². The Morgan fingerprint density at radius 3 is 2.31 bits per heavy atom. The fourth-order valence-corrected chi connectivity index (χ4v) is 2.85. The van der Waals surface area contributed by atoms with Crippen LogP contribution in [0.3, 0.4) is 0 Å². The number of rotatable bonds is 1. The van der Waals surface area contributed by atoms with E-state index >= 15 is 0 Å². The van der Waals surface area contributed by atoms with Crippen molar-refractivity contribution in [3.05, 3.63) is 29.3 Å². The van der Waals surface area contributed by atoms with E-state index in [2.05, 4.69) is 26.8 Å². The van der Waals surface area contributed by atoms with Gasteiger partial charge >= 0.3 is 0 Å². The molecule has 16 heavy (non-hydrogen) atoms. The molecule has 0 aliphatic heterocycles. The third-order valence-corrected chi connectivity index (χ3v) is 3.65. The van der Waals surface area contributed by atoms with Crippen LogP contribution in [0.15, 0.2) is 18.2 Å². The number of phenols is 1. The van der Waals surface area contributed by atoms with Gasteiger partial charge in [0.1, 0.15) is 5.75 Å². The molecule has 1 aromatic rings. The van der Waals surface area contributed by atoms with Crippen LogP contribution < -0.4 is 0 Å². The van der Waals surface area contributed by atoms with Crippen LogP contribution in [0.5, 0.6) is 5.75 Å². The molecule has 1 saturated carbocycles. The molecular weight excluding hydrogens is 196 g/mol. The molecule has 0 radical (unpaired) electrons. The molecule has 0 amide bonds. The van der Waals surface area contributed by atoms with Crippen LogP contribution in [0.2, 0.25) is 0 Å². The third-order valence-electron chi connectivity index (χ3n) is 3.65. The van der Waals surface area contributed by atoms with Crippen LogP contribution in [0, 0.1) is 0 Å². The molecule has 1 aliphatic rings. The Kier molecular flexibility index (Phi) is 2.96. The van der Waals surface area contributed by atoms with Crippen LogP contribution >= 0.6 is 0 Å². The van der Waals surface area contributed by atoms with E-state index < -0.39 is 0 Å². The summed E-state index contributed by atoms with van der Waals surface area (Å²) in [6, 6.07) is 5.98. The minimum absolute atomic E-state index is 0.122. The van der Waals surface area contributed by atoms with Crippen LogP contribution in [0.1, 0.15) is 63.5 Å². The van der Waals surface area contributed by atoms with Gasteiger partial charge in [0.25, 0.3) is 0 Å². The van der Waals surface area contributed by atoms with Crippen molar-refractivity contribution in [2.45, 2.75) is 57.8 Å². The van der Waals surface area contributed by atoms with Crippen molar-refractivity contribution in [1.29, 1.82) is 0 Å². The lowest BCUT2D eigenvalue weighted by Gasteiger charge is -2.26. The van der Waals surface area contributed by atoms with Gasteiger partial charge in [0.15, 0.2) is 0 Å². The Balaban J connectivity index is 2.48. The summed E-state index contributed by atoms with van der Waals surface area (Å²) >= 11 is 0. The van der Waals surface area contributed by atoms with Gasteiger partial charge in [-0.15, -0.1) is 0 Å². The van der Waals surface area contributed by atoms with Crippen LogP contribution in [0.25, 0.3) is 0 Å². The third kappa shape index (κ3) is 2.09. The molecule has 1 fully saturated rings. The average Bonchev–Trinajstić information content (AvgIpc) is 2.68. The van der Waals surface area contributed by atoms with Crippen molar-refractivity contribution in [2.24, 2.45) is 0 Å². The molecule has 1 aromatic carbocycles. The number of hydrogen-bond acceptors (Lipinski definition) is 1. The lowest BCUT2D eigenvalue weighted by atomic mass is 9.79. The van der Waals surface area contributed by atoms with Crippen LogP contribution in [-0.4, -0.2) is 5.11 Å². The first-order valence-corrected chi connectivity index (χ1v) is 6.32. The summed E-state index contributed by atoms with van der Waals surface area (Å²) in [5, 5.41) is 10.1. The van der Waals surface area contributed by atoms with Gasteiger partial charge in [0.2, 0.25) is 0 Å². The second kappa shape index (κ2) is 4.12.